The standard InChI is InChI=1S/C15H9BrCl2O5/c16-10-5-8(15(20)21)1-3-12(10)23-14(19)7-22-13-4-2-9(17)6-11(13)18/h1-6H,7H2,(H,20,21). The van der Waals surface area contributed by atoms with Gasteiger partial charge in [0.25, 0.3) is 0 Å². The fourth-order valence-corrected chi connectivity index (χ4v) is 2.52. The van der Waals surface area contributed by atoms with Crippen LogP contribution in [0.2, 0.25) is 10.0 Å². The Bertz CT molecular complexity index is 764. The van der Waals surface area contributed by atoms with Crippen LogP contribution in [0.1, 0.15) is 10.4 Å². The van der Waals surface area contributed by atoms with Crippen molar-refractivity contribution in [2.24, 2.45) is 0 Å². The monoisotopic (exact) mass is 418 g/mol. The van der Waals surface area contributed by atoms with E-state index in [0.29, 0.717) is 15.2 Å². The highest BCUT2D eigenvalue weighted by molar-refractivity contribution is 9.10. The van der Waals surface area contributed by atoms with Crippen LogP contribution in [0, 0.1) is 0 Å². The summed E-state index contributed by atoms with van der Waals surface area (Å²) in [6.07, 6.45) is 0. The number of carbonyl (C=O) groups excluding carboxylic acids is 1. The summed E-state index contributed by atoms with van der Waals surface area (Å²) < 4.78 is 10.7. The van der Waals surface area contributed by atoms with E-state index in [1.807, 2.05) is 0 Å². The SMILES string of the molecule is O=C(COc1ccc(Cl)cc1Cl)Oc1ccc(C(=O)O)cc1Br. The second-order valence-corrected chi connectivity index (χ2v) is 5.99. The zero-order valence-electron chi connectivity index (χ0n) is 11.4. The molecule has 0 aliphatic rings. The topological polar surface area (TPSA) is 72.8 Å². The fourth-order valence-electron chi connectivity index (χ4n) is 1.60. The van der Waals surface area contributed by atoms with Crippen LogP contribution in [0.15, 0.2) is 40.9 Å². The molecule has 0 fully saturated rings. The zero-order chi connectivity index (χ0) is 17.0. The summed E-state index contributed by atoms with van der Waals surface area (Å²) in [5.74, 6) is -1.26. The van der Waals surface area contributed by atoms with Crippen LogP contribution in [0.4, 0.5) is 0 Å². The molecule has 0 aliphatic heterocycles. The lowest BCUT2D eigenvalue weighted by molar-refractivity contribution is -0.136. The Morgan fingerprint density at radius 3 is 2.39 bits per heavy atom. The minimum atomic E-state index is -1.08. The van der Waals surface area contributed by atoms with Crippen LogP contribution in [0.25, 0.3) is 0 Å². The normalized spacial score (nSPS) is 10.2. The lowest BCUT2D eigenvalue weighted by atomic mass is 10.2. The van der Waals surface area contributed by atoms with Crippen molar-refractivity contribution in [1.82, 2.24) is 0 Å². The third kappa shape index (κ3) is 4.86. The number of carboxylic acids is 1. The molecular formula is C15H9BrCl2O5. The molecule has 0 saturated carbocycles. The number of hydrogen-bond acceptors (Lipinski definition) is 4. The highest BCUT2D eigenvalue weighted by atomic mass is 79.9. The van der Waals surface area contributed by atoms with Gasteiger partial charge in [0.2, 0.25) is 0 Å². The van der Waals surface area contributed by atoms with Crippen LogP contribution >= 0.6 is 39.1 Å². The zero-order valence-corrected chi connectivity index (χ0v) is 14.5. The van der Waals surface area contributed by atoms with E-state index in [-0.39, 0.29) is 22.9 Å². The highest BCUT2D eigenvalue weighted by Crippen LogP contribution is 2.28. The van der Waals surface area contributed by atoms with Crippen LogP contribution in [-0.4, -0.2) is 23.7 Å². The van der Waals surface area contributed by atoms with Gasteiger partial charge in [0.1, 0.15) is 11.5 Å². The molecule has 0 radical (unpaired) electrons. The van der Waals surface area contributed by atoms with Crippen molar-refractivity contribution in [2.45, 2.75) is 0 Å². The smallest absolute Gasteiger partial charge is 0.349 e. The Labute approximate surface area is 149 Å². The molecule has 23 heavy (non-hydrogen) atoms. The summed E-state index contributed by atoms with van der Waals surface area (Å²) >= 11 is 14.8. The number of esters is 1. The maximum atomic E-state index is 11.8. The average molecular weight is 420 g/mol. The third-order valence-corrected chi connectivity index (χ3v) is 3.79. The summed E-state index contributed by atoms with van der Waals surface area (Å²) in [7, 11) is 0. The Kier molecular flexibility index (Phi) is 5.87. The second-order valence-electron chi connectivity index (χ2n) is 4.29. The molecule has 0 spiro atoms. The van der Waals surface area contributed by atoms with Crippen LogP contribution < -0.4 is 9.47 Å². The predicted octanol–water partition coefficient (Wildman–Crippen LogP) is 4.44. The van der Waals surface area contributed by atoms with Gasteiger partial charge in [-0.15, -0.1) is 0 Å². The first kappa shape index (κ1) is 17.6. The first-order chi connectivity index (χ1) is 10.9. The van der Waals surface area contributed by atoms with E-state index < -0.39 is 11.9 Å². The fraction of sp³-hybridized carbons (Fsp3) is 0.0667. The summed E-state index contributed by atoms with van der Waals surface area (Å²) in [4.78, 5) is 22.6. The van der Waals surface area contributed by atoms with Crippen molar-refractivity contribution in [3.63, 3.8) is 0 Å². The number of rotatable bonds is 5. The Hall–Kier alpha value is -1.76. The van der Waals surface area contributed by atoms with E-state index in [2.05, 4.69) is 15.9 Å². The molecule has 120 valence electrons. The molecule has 2 rings (SSSR count). The highest BCUT2D eigenvalue weighted by Gasteiger charge is 2.13. The largest absolute Gasteiger partial charge is 0.480 e. The van der Waals surface area contributed by atoms with Gasteiger partial charge in [0, 0.05) is 5.02 Å². The van der Waals surface area contributed by atoms with Gasteiger partial charge >= 0.3 is 11.9 Å². The molecule has 0 amide bonds. The van der Waals surface area contributed by atoms with Gasteiger partial charge in [-0.25, -0.2) is 9.59 Å². The van der Waals surface area contributed by atoms with Crippen LogP contribution in [-0.2, 0) is 4.79 Å². The van der Waals surface area contributed by atoms with Gasteiger partial charge in [-0.3, -0.25) is 0 Å². The van der Waals surface area contributed by atoms with Gasteiger partial charge in [0.15, 0.2) is 6.61 Å². The van der Waals surface area contributed by atoms with Gasteiger partial charge in [-0.1, -0.05) is 23.2 Å². The summed E-state index contributed by atoms with van der Waals surface area (Å²) in [5.41, 5.74) is 0.0703. The van der Waals surface area contributed by atoms with Crippen molar-refractivity contribution in [3.05, 3.63) is 56.5 Å². The lowest BCUT2D eigenvalue weighted by Crippen LogP contribution is -2.18. The molecule has 0 unspecified atom stereocenters. The van der Waals surface area contributed by atoms with Gasteiger partial charge in [-0.05, 0) is 52.3 Å². The predicted molar refractivity (Wildman–Crippen MR) is 88.7 cm³/mol. The van der Waals surface area contributed by atoms with E-state index in [4.69, 9.17) is 37.8 Å². The maximum Gasteiger partial charge on any atom is 0.349 e. The first-order valence-corrected chi connectivity index (χ1v) is 7.73. The number of carbonyl (C=O) groups is 2. The number of ether oxygens (including phenoxy) is 2. The van der Waals surface area contributed by atoms with E-state index in [0.717, 1.165) is 0 Å². The number of halogens is 3. The molecule has 0 aliphatic carbocycles. The number of hydrogen-bond donors (Lipinski definition) is 1. The van der Waals surface area contributed by atoms with Crippen molar-refractivity contribution >= 4 is 51.1 Å². The summed E-state index contributed by atoms with van der Waals surface area (Å²) in [5, 5.41) is 9.59. The molecule has 5 nitrogen and oxygen atoms in total. The average Bonchev–Trinajstić information content (AvgIpc) is 2.48. The quantitative estimate of drug-likeness (QED) is 0.572. The molecule has 8 heteroatoms. The second kappa shape index (κ2) is 7.68. The van der Waals surface area contributed by atoms with E-state index in [9.17, 15) is 9.59 Å². The minimum absolute atomic E-state index is 0.0703. The Balaban J connectivity index is 1.98. The molecule has 0 atom stereocenters. The van der Waals surface area contributed by atoms with Crippen LogP contribution in [0.5, 0.6) is 11.5 Å². The minimum Gasteiger partial charge on any atom is -0.480 e. The van der Waals surface area contributed by atoms with Crippen molar-refractivity contribution in [3.8, 4) is 11.5 Å². The van der Waals surface area contributed by atoms with E-state index >= 15 is 0 Å². The Morgan fingerprint density at radius 1 is 1.09 bits per heavy atom. The molecule has 0 heterocycles. The van der Waals surface area contributed by atoms with Crippen LogP contribution in [0.3, 0.4) is 0 Å². The van der Waals surface area contributed by atoms with Gasteiger partial charge in [-0.2, -0.15) is 0 Å². The van der Waals surface area contributed by atoms with Crippen molar-refractivity contribution in [1.29, 1.82) is 0 Å². The maximum absolute atomic E-state index is 11.8. The Morgan fingerprint density at radius 2 is 1.78 bits per heavy atom. The van der Waals surface area contributed by atoms with E-state index in [1.165, 1.54) is 30.3 Å². The molecule has 2 aromatic carbocycles. The lowest BCUT2D eigenvalue weighted by Gasteiger charge is -2.09. The summed E-state index contributed by atoms with van der Waals surface area (Å²) in [6.45, 7) is -0.367. The van der Waals surface area contributed by atoms with E-state index in [1.54, 1.807) is 6.07 Å². The molecule has 0 bridgehead atoms. The van der Waals surface area contributed by atoms with Crippen molar-refractivity contribution < 1.29 is 24.2 Å². The number of benzene rings is 2. The molecule has 0 aromatic heterocycles. The van der Waals surface area contributed by atoms with Crippen molar-refractivity contribution in [2.75, 3.05) is 6.61 Å². The molecule has 0 saturated heterocycles. The number of carboxylic acid groups (broad SMARTS) is 1. The molecular weight excluding hydrogens is 411 g/mol. The molecule has 2 aromatic rings. The first-order valence-electron chi connectivity index (χ1n) is 6.18. The van der Waals surface area contributed by atoms with Gasteiger partial charge < -0.3 is 14.6 Å². The third-order valence-electron chi connectivity index (χ3n) is 2.64. The molecule has 1 N–H and O–H groups in total. The summed E-state index contributed by atoms with van der Waals surface area (Å²) in [6, 6.07) is 8.64. The number of aromatic carboxylic acids is 1. The van der Waals surface area contributed by atoms with Gasteiger partial charge in [0.05, 0.1) is 15.1 Å².